The second kappa shape index (κ2) is 7.25. The van der Waals surface area contributed by atoms with Crippen LogP contribution >= 0.6 is 31.9 Å². The Kier molecular flexibility index (Phi) is 5.64. The lowest BCUT2D eigenvalue weighted by Crippen LogP contribution is -2.22. The van der Waals surface area contributed by atoms with Gasteiger partial charge in [0.1, 0.15) is 11.5 Å². The largest absolute Gasteiger partial charge is 0.457 e. The van der Waals surface area contributed by atoms with E-state index in [1.165, 1.54) is 0 Å². The fourth-order valence-electron chi connectivity index (χ4n) is 1.74. The zero-order chi connectivity index (χ0) is 14.5. The number of halogens is 2. The van der Waals surface area contributed by atoms with E-state index in [9.17, 15) is 0 Å². The summed E-state index contributed by atoms with van der Waals surface area (Å²) in [5, 5.41) is 3.41. The first kappa shape index (κ1) is 15.5. The van der Waals surface area contributed by atoms with Gasteiger partial charge in [0, 0.05) is 27.1 Å². The number of hydrogen-bond donors (Lipinski definition) is 1. The summed E-state index contributed by atoms with van der Waals surface area (Å²) in [4.78, 5) is 0. The van der Waals surface area contributed by atoms with Crippen LogP contribution < -0.4 is 10.1 Å². The standard InChI is InChI=1S/C16H17Br2NO/c1-11(2)19-10-12-6-7-14(18)9-16(12)20-15-5-3-4-13(17)8-15/h3-9,11,19H,10H2,1-2H3. The van der Waals surface area contributed by atoms with Gasteiger partial charge in [-0.3, -0.25) is 0 Å². The van der Waals surface area contributed by atoms with Crippen LogP contribution in [0.1, 0.15) is 19.4 Å². The van der Waals surface area contributed by atoms with Crippen LogP contribution in [0, 0.1) is 0 Å². The normalized spacial score (nSPS) is 10.8. The molecule has 4 heteroatoms. The minimum Gasteiger partial charge on any atom is -0.457 e. The third kappa shape index (κ3) is 4.62. The van der Waals surface area contributed by atoms with Gasteiger partial charge in [0.15, 0.2) is 0 Å². The van der Waals surface area contributed by atoms with Crippen LogP contribution in [0.4, 0.5) is 0 Å². The van der Waals surface area contributed by atoms with Gasteiger partial charge in [-0.25, -0.2) is 0 Å². The lowest BCUT2D eigenvalue weighted by molar-refractivity contribution is 0.469. The molecule has 0 amide bonds. The molecule has 20 heavy (non-hydrogen) atoms. The predicted molar refractivity (Wildman–Crippen MR) is 90.3 cm³/mol. The molecule has 0 heterocycles. The Hall–Kier alpha value is -0.840. The molecular formula is C16H17Br2NO. The van der Waals surface area contributed by atoms with Gasteiger partial charge in [-0.1, -0.05) is 57.8 Å². The quantitative estimate of drug-likeness (QED) is 0.717. The lowest BCUT2D eigenvalue weighted by atomic mass is 10.2. The van der Waals surface area contributed by atoms with Crippen molar-refractivity contribution in [2.24, 2.45) is 0 Å². The van der Waals surface area contributed by atoms with Crippen molar-refractivity contribution in [3.63, 3.8) is 0 Å². The average Bonchev–Trinajstić information content (AvgIpc) is 2.37. The van der Waals surface area contributed by atoms with Crippen molar-refractivity contribution >= 4 is 31.9 Å². The molecule has 0 saturated heterocycles. The smallest absolute Gasteiger partial charge is 0.133 e. The summed E-state index contributed by atoms with van der Waals surface area (Å²) in [6, 6.07) is 14.4. The average molecular weight is 399 g/mol. The molecule has 0 radical (unpaired) electrons. The SMILES string of the molecule is CC(C)NCc1ccc(Br)cc1Oc1cccc(Br)c1. The molecule has 2 aromatic rings. The van der Waals surface area contributed by atoms with Crippen molar-refractivity contribution in [2.45, 2.75) is 26.4 Å². The Morgan fingerprint density at radius 1 is 1.05 bits per heavy atom. The van der Waals surface area contributed by atoms with Crippen LogP contribution in [0.5, 0.6) is 11.5 Å². The highest BCUT2D eigenvalue weighted by Gasteiger charge is 2.07. The van der Waals surface area contributed by atoms with E-state index in [2.05, 4.69) is 57.1 Å². The predicted octanol–water partition coefficient (Wildman–Crippen LogP) is 5.50. The molecule has 1 N–H and O–H groups in total. The summed E-state index contributed by atoms with van der Waals surface area (Å²) in [5.41, 5.74) is 1.14. The van der Waals surface area contributed by atoms with Gasteiger partial charge in [0.05, 0.1) is 0 Å². The summed E-state index contributed by atoms with van der Waals surface area (Å²) in [6.07, 6.45) is 0. The summed E-state index contributed by atoms with van der Waals surface area (Å²) < 4.78 is 8.02. The third-order valence-corrected chi connectivity index (χ3v) is 3.74. The van der Waals surface area contributed by atoms with Gasteiger partial charge >= 0.3 is 0 Å². The summed E-state index contributed by atoms with van der Waals surface area (Å²) in [6.45, 7) is 5.05. The molecule has 0 aliphatic heterocycles. The molecule has 0 bridgehead atoms. The number of nitrogens with one attached hydrogen (secondary N) is 1. The van der Waals surface area contributed by atoms with Crippen molar-refractivity contribution in [3.8, 4) is 11.5 Å². The first-order valence-corrected chi connectivity index (χ1v) is 8.08. The van der Waals surface area contributed by atoms with Crippen LogP contribution in [0.25, 0.3) is 0 Å². The molecular weight excluding hydrogens is 382 g/mol. The van der Waals surface area contributed by atoms with Crippen molar-refractivity contribution in [1.29, 1.82) is 0 Å². The van der Waals surface area contributed by atoms with E-state index in [1.807, 2.05) is 36.4 Å². The van der Waals surface area contributed by atoms with E-state index in [0.717, 1.165) is 32.6 Å². The fraction of sp³-hybridized carbons (Fsp3) is 0.250. The molecule has 0 aliphatic rings. The van der Waals surface area contributed by atoms with Crippen LogP contribution in [0.3, 0.4) is 0 Å². The van der Waals surface area contributed by atoms with Crippen LogP contribution in [0.15, 0.2) is 51.4 Å². The molecule has 2 nitrogen and oxygen atoms in total. The molecule has 0 unspecified atom stereocenters. The zero-order valence-electron chi connectivity index (χ0n) is 11.5. The Morgan fingerprint density at radius 3 is 2.50 bits per heavy atom. The Balaban J connectivity index is 2.22. The molecule has 2 rings (SSSR count). The van der Waals surface area contributed by atoms with E-state index in [4.69, 9.17) is 4.74 Å². The molecule has 0 fully saturated rings. The highest BCUT2D eigenvalue weighted by atomic mass is 79.9. The first-order chi connectivity index (χ1) is 9.54. The van der Waals surface area contributed by atoms with E-state index in [0.29, 0.717) is 6.04 Å². The maximum atomic E-state index is 6.00. The molecule has 0 atom stereocenters. The molecule has 0 spiro atoms. The van der Waals surface area contributed by atoms with E-state index >= 15 is 0 Å². The van der Waals surface area contributed by atoms with E-state index in [1.54, 1.807) is 0 Å². The zero-order valence-corrected chi connectivity index (χ0v) is 14.7. The van der Waals surface area contributed by atoms with Gasteiger partial charge in [-0.2, -0.15) is 0 Å². The molecule has 0 saturated carbocycles. The minimum atomic E-state index is 0.442. The number of hydrogen-bond acceptors (Lipinski definition) is 2. The number of ether oxygens (including phenoxy) is 1. The highest BCUT2D eigenvalue weighted by Crippen LogP contribution is 2.30. The second-order valence-electron chi connectivity index (χ2n) is 4.85. The molecule has 0 aromatic heterocycles. The van der Waals surface area contributed by atoms with Gasteiger partial charge in [0.25, 0.3) is 0 Å². The van der Waals surface area contributed by atoms with Crippen molar-refractivity contribution in [2.75, 3.05) is 0 Å². The van der Waals surface area contributed by atoms with Crippen molar-refractivity contribution in [1.82, 2.24) is 5.32 Å². The van der Waals surface area contributed by atoms with Crippen molar-refractivity contribution in [3.05, 3.63) is 57.0 Å². The Labute approximate surface area is 136 Å². The summed E-state index contributed by atoms with van der Waals surface area (Å²) in [7, 11) is 0. The summed E-state index contributed by atoms with van der Waals surface area (Å²) in [5.74, 6) is 1.69. The second-order valence-corrected chi connectivity index (χ2v) is 6.68. The van der Waals surface area contributed by atoms with Crippen molar-refractivity contribution < 1.29 is 4.74 Å². The topological polar surface area (TPSA) is 21.3 Å². The Morgan fingerprint density at radius 2 is 1.80 bits per heavy atom. The molecule has 2 aromatic carbocycles. The van der Waals surface area contributed by atoms with E-state index < -0.39 is 0 Å². The number of rotatable bonds is 5. The van der Waals surface area contributed by atoms with Gasteiger partial charge < -0.3 is 10.1 Å². The van der Waals surface area contributed by atoms with Crippen LogP contribution in [-0.4, -0.2) is 6.04 Å². The van der Waals surface area contributed by atoms with Gasteiger partial charge in [0.2, 0.25) is 0 Å². The molecule has 106 valence electrons. The van der Waals surface area contributed by atoms with Gasteiger partial charge in [-0.15, -0.1) is 0 Å². The maximum absolute atomic E-state index is 6.00. The summed E-state index contributed by atoms with van der Waals surface area (Å²) >= 11 is 6.95. The first-order valence-electron chi connectivity index (χ1n) is 6.50. The fourth-order valence-corrected chi connectivity index (χ4v) is 2.46. The van der Waals surface area contributed by atoms with Crippen LogP contribution in [0.2, 0.25) is 0 Å². The minimum absolute atomic E-state index is 0.442. The van der Waals surface area contributed by atoms with E-state index in [-0.39, 0.29) is 0 Å². The highest BCUT2D eigenvalue weighted by molar-refractivity contribution is 9.10. The Bertz CT molecular complexity index is 584. The van der Waals surface area contributed by atoms with Gasteiger partial charge in [-0.05, 0) is 30.3 Å². The maximum Gasteiger partial charge on any atom is 0.133 e. The van der Waals surface area contributed by atoms with Crippen LogP contribution in [-0.2, 0) is 6.54 Å². The molecule has 0 aliphatic carbocycles. The monoisotopic (exact) mass is 397 g/mol. The number of benzene rings is 2. The third-order valence-electron chi connectivity index (χ3n) is 2.75. The lowest BCUT2D eigenvalue weighted by Gasteiger charge is -2.14.